The van der Waals surface area contributed by atoms with Crippen LogP contribution in [0, 0.1) is 5.82 Å². The second-order valence-electron chi connectivity index (χ2n) is 4.95. The summed E-state index contributed by atoms with van der Waals surface area (Å²) in [7, 11) is 0. The maximum absolute atomic E-state index is 13.4. The van der Waals surface area contributed by atoms with E-state index < -0.39 is 5.82 Å². The van der Waals surface area contributed by atoms with Gasteiger partial charge in [0.15, 0.2) is 0 Å². The quantitative estimate of drug-likeness (QED) is 0.733. The summed E-state index contributed by atoms with van der Waals surface area (Å²) in [6.07, 6.45) is 1.91. The third-order valence-corrected chi connectivity index (χ3v) is 3.80. The zero-order valence-corrected chi connectivity index (χ0v) is 10.1. The highest BCUT2D eigenvalue weighted by Crippen LogP contribution is 2.30. The predicted octanol–water partition coefficient (Wildman–Crippen LogP) is 1.12. The fourth-order valence-electron chi connectivity index (χ4n) is 2.78. The zero-order valence-electron chi connectivity index (χ0n) is 10.1. The van der Waals surface area contributed by atoms with E-state index in [1.165, 1.54) is 12.1 Å². The van der Waals surface area contributed by atoms with Crippen LogP contribution < -0.4 is 11.1 Å². The number of nitrogens with zero attached hydrogens (tertiary/aromatic N) is 1. The molecule has 3 rings (SSSR count). The van der Waals surface area contributed by atoms with Gasteiger partial charge in [0.25, 0.3) is 5.91 Å². The SMILES string of the molecule is Nc1cc2c(cc1F)CN(C1CCNCC1)C2=O. The van der Waals surface area contributed by atoms with E-state index in [1.807, 2.05) is 4.90 Å². The molecule has 2 aliphatic rings. The lowest BCUT2D eigenvalue weighted by Crippen LogP contribution is -2.43. The van der Waals surface area contributed by atoms with Crippen LogP contribution in [0.4, 0.5) is 10.1 Å². The number of benzene rings is 1. The van der Waals surface area contributed by atoms with Crippen LogP contribution in [0.2, 0.25) is 0 Å². The van der Waals surface area contributed by atoms with Crippen molar-refractivity contribution in [3.8, 4) is 0 Å². The zero-order chi connectivity index (χ0) is 12.7. The van der Waals surface area contributed by atoms with Gasteiger partial charge in [-0.2, -0.15) is 0 Å². The number of nitrogens with one attached hydrogen (secondary N) is 1. The molecule has 5 heteroatoms. The first kappa shape index (κ1) is 11.5. The molecule has 0 spiro atoms. The molecule has 96 valence electrons. The minimum absolute atomic E-state index is 0.0106. The average molecular weight is 249 g/mol. The minimum atomic E-state index is -0.436. The van der Waals surface area contributed by atoms with Crippen molar-refractivity contribution in [1.82, 2.24) is 10.2 Å². The topological polar surface area (TPSA) is 58.4 Å². The summed E-state index contributed by atoms with van der Waals surface area (Å²) in [5.74, 6) is -0.447. The van der Waals surface area contributed by atoms with Crippen LogP contribution in [0.3, 0.4) is 0 Å². The van der Waals surface area contributed by atoms with E-state index in [0.29, 0.717) is 12.1 Å². The van der Waals surface area contributed by atoms with Crippen molar-refractivity contribution >= 4 is 11.6 Å². The van der Waals surface area contributed by atoms with Gasteiger partial charge in [-0.3, -0.25) is 4.79 Å². The summed E-state index contributed by atoms with van der Waals surface area (Å²) in [5.41, 5.74) is 6.89. The van der Waals surface area contributed by atoms with Crippen molar-refractivity contribution in [2.45, 2.75) is 25.4 Å². The van der Waals surface area contributed by atoms with Gasteiger partial charge in [0, 0.05) is 18.2 Å². The Kier molecular flexibility index (Phi) is 2.70. The first-order valence-electron chi connectivity index (χ1n) is 6.26. The number of carbonyl (C=O) groups excluding carboxylic acids is 1. The first-order valence-corrected chi connectivity index (χ1v) is 6.26. The van der Waals surface area contributed by atoms with Gasteiger partial charge in [-0.15, -0.1) is 0 Å². The highest BCUT2D eigenvalue weighted by atomic mass is 19.1. The molecule has 0 unspecified atom stereocenters. The summed E-state index contributed by atoms with van der Waals surface area (Å²) in [5, 5.41) is 3.27. The van der Waals surface area contributed by atoms with Crippen LogP contribution >= 0.6 is 0 Å². The first-order chi connectivity index (χ1) is 8.66. The van der Waals surface area contributed by atoms with E-state index in [9.17, 15) is 9.18 Å². The molecule has 3 N–H and O–H groups in total. The van der Waals surface area contributed by atoms with Gasteiger partial charge in [0.2, 0.25) is 0 Å². The number of hydrogen-bond donors (Lipinski definition) is 2. The number of rotatable bonds is 1. The fourth-order valence-corrected chi connectivity index (χ4v) is 2.78. The molecule has 0 radical (unpaired) electrons. The van der Waals surface area contributed by atoms with E-state index in [2.05, 4.69) is 5.32 Å². The predicted molar refractivity (Wildman–Crippen MR) is 66.6 cm³/mol. The van der Waals surface area contributed by atoms with Gasteiger partial charge in [-0.1, -0.05) is 0 Å². The molecule has 0 bridgehead atoms. The Balaban J connectivity index is 1.88. The van der Waals surface area contributed by atoms with Crippen molar-refractivity contribution < 1.29 is 9.18 Å². The van der Waals surface area contributed by atoms with Gasteiger partial charge in [0.1, 0.15) is 5.82 Å². The molecule has 1 saturated heterocycles. The lowest BCUT2D eigenvalue weighted by molar-refractivity contribution is 0.0668. The van der Waals surface area contributed by atoms with Crippen LogP contribution in [0.25, 0.3) is 0 Å². The van der Waals surface area contributed by atoms with E-state index in [4.69, 9.17) is 5.73 Å². The Morgan fingerprint density at radius 3 is 2.78 bits per heavy atom. The maximum atomic E-state index is 13.4. The highest BCUT2D eigenvalue weighted by molar-refractivity contribution is 5.99. The van der Waals surface area contributed by atoms with E-state index in [1.54, 1.807) is 0 Å². The van der Waals surface area contributed by atoms with Crippen molar-refractivity contribution in [3.63, 3.8) is 0 Å². The molecule has 0 saturated carbocycles. The lowest BCUT2D eigenvalue weighted by atomic mass is 10.1. The Bertz CT molecular complexity index is 497. The Hall–Kier alpha value is -1.62. The molecule has 1 aromatic carbocycles. The van der Waals surface area contributed by atoms with Crippen LogP contribution in [0.15, 0.2) is 12.1 Å². The van der Waals surface area contributed by atoms with Gasteiger partial charge >= 0.3 is 0 Å². The summed E-state index contributed by atoms with van der Waals surface area (Å²) in [6.45, 7) is 2.37. The number of carbonyl (C=O) groups is 1. The van der Waals surface area contributed by atoms with Crippen molar-refractivity contribution in [3.05, 3.63) is 29.1 Å². The van der Waals surface area contributed by atoms with Gasteiger partial charge in [0.05, 0.1) is 5.69 Å². The third-order valence-electron chi connectivity index (χ3n) is 3.80. The minimum Gasteiger partial charge on any atom is -0.396 e. The fraction of sp³-hybridized carbons (Fsp3) is 0.462. The van der Waals surface area contributed by atoms with E-state index in [-0.39, 0.29) is 17.6 Å². The van der Waals surface area contributed by atoms with Gasteiger partial charge < -0.3 is 16.0 Å². The maximum Gasteiger partial charge on any atom is 0.254 e. The van der Waals surface area contributed by atoms with Crippen LogP contribution in [0.5, 0.6) is 0 Å². The summed E-state index contributed by atoms with van der Waals surface area (Å²) in [6, 6.07) is 3.12. The molecule has 18 heavy (non-hydrogen) atoms. The van der Waals surface area contributed by atoms with Gasteiger partial charge in [-0.25, -0.2) is 4.39 Å². The molecule has 2 heterocycles. The summed E-state index contributed by atoms with van der Waals surface area (Å²) < 4.78 is 13.4. The van der Waals surface area contributed by atoms with Crippen molar-refractivity contribution in [2.75, 3.05) is 18.8 Å². The van der Waals surface area contributed by atoms with Crippen LogP contribution in [-0.2, 0) is 6.54 Å². The molecule has 2 aliphatic heterocycles. The smallest absolute Gasteiger partial charge is 0.254 e. The van der Waals surface area contributed by atoms with E-state index in [0.717, 1.165) is 31.5 Å². The van der Waals surface area contributed by atoms with Crippen molar-refractivity contribution in [1.29, 1.82) is 0 Å². The number of nitrogens with two attached hydrogens (primary N) is 1. The largest absolute Gasteiger partial charge is 0.396 e. The Morgan fingerprint density at radius 2 is 2.06 bits per heavy atom. The normalized spacial score (nSPS) is 20.3. The third kappa shape index (κ3) is 1.75. The number of nitrogen functional groups attached to an aromatic ring is 1. The Morgan fingerprint density at radius 1 is 1.33 bits per heavy atom. The van der Waals surface area contributed by atoms with E-state index >= 15 is 0 Å². The number of anilines is 1. The number of hydrogen-bond acceptors (Lipinski definition) is 3. The van der Waals surface area contributed by atoms with Crippen molar-refractivity contribution in [2.24, 2.45) is 0 Å². The molecule has 0 atom stereocenters. The second kappa shape index (κ2) is 4.24. The number of piperidine rings is 1. The highest BCUT2D eigenvalue weighted by Gasteiger charge is 2.33. The molecule has 0 aromatic heterocycles. The second-order valence-corrected chi connectivity index (χ2v) is 4.95. The van der Waals surface area contributed by atoms with Crippen LogP contribution in [0.1, 0.15) is 28.8 Å². The average Bonchev–Trinajstić information content (AvgIpc) is 2.69. The molecule has 1 amide bonds. The van der Waals surface area contributed by atoms with Gasteiger partial charge in [-0.05, 0) is 43.6 Å². The number of fused-ring (bicyclic) bond motifs is 1. The molecule has 1 fully saturated rings. The standard InChI is InChI=1S/C13H16FN3O/c14-11-5-8-7-17(9-1-3-16-4-2-9)13(18)10(8)6-12(11)15/h5-6,9,16H,1-4,7,15H2. The Labute approximate surface area is 105 Å². The number of halogens is 1. The molecular formula is C13H16FN3O. The lowest BCUT2D eigenvalue weighted by Gasteiger charge is -2.31. The molecular weight excluding hydrogens is 233 g/mol. The molecule has 4 nitrogen and oxygen atoms in total. The molecule has 0 aliphatic carbocycles. The van der Waals surface area contributed by atoms with Crippen LogP contribution in [-0.4, -0.2) is 29.9 Å². The molecule has 1 aromatic rings. The number of amides is 1. The monoisotopic (exact) mass is 249 g/mol. The summed E-state index contributed by atoms with van der Waals surface area (Å²) >= 11 is 0. The summed E-state index contributed by atoms with van der Waals surface area (Å²) in [4.78, 5) is 14.1.